The molecule has 120 valence electrons. The average molecular weight is 327 g/mol. The van der Waals surface area contributed by atoms with Gasteiger partial charge in [0.2, 0.25) is 0 Å². The van der Waals surface area contributed by atoms with Gasteiger partial charge in [-0.2, -0.15) is 0 Å². The Labute approximate surface area is 130 Å². The fourth-order valence-electron chi connectivity index (χ4n) is 2.32. The Balaban J connectivity index is 2.27. The van der Waals surface area contributed by atoms with Crippen molar-refractivity contribution < 1.29 is 18.5 Å². The third-order valence-corrected chi connectivity index (χ3v) is 4.15. The van der Waals surface area contributed by atoms with E-state index in [4.69, 9.17) is 4.55 Å². The van der Waals surface area contributed by atoms with Crippen LogP contribution in [0, 0.1) is 10.1 Å². The molecule has 1 atom stereocenters. The number of nitrogens with zero attached hydrogens (tertiary/aromatic N) is 3. The molecule has 0 radical (unpaired) electrons. The average Bonchev–Trinajstić information content (AvgIpc) is 2.46. The predicted octanol–water partition coefficient (Wildman–Crippen LogP) is 0.704. The Kier molecular flexibility index (Phi) is 5.22. The van der Waals surface area contributed by atoms with E-state index < -0.39 is 16.0 Å². The normalized spacial score (nSPS) is 17.3. The molecule has 0 aromatic heterocycles. The van der Waals surface area contributed by atoms with Gasteiger partial charge < -0.3 is 14.4 Å². The van der Waals surface area contributed by atoms with Crippen molar-refractivity contribution in [1.82, 2.24) is 9.80 Å². The van der Waals surface area contributed by atoms with Gasteiger partial charge in [0.25, 0.3) is 11.6 Å². The van der Waals surface area contributed by atoms with Crippen LogP contribution in [0.15, 0.2) is 18.2 Å². The molecule has 1 aromatic rings. The van der Waals surface area contributed by atoms with E-state index in [0.717, 1.165) is 13.1 Å². The van der Waals surface area contributed by atoms with E-state index in [9.17, 15) is 19.1 Å². The quantitative estimate of drug-likeness (QED) is 0.496. The highest BCUT2D eigenvalue weighted by molar-refractivity contribution is 7.78. The first-order chi connectivity index (χ1) is 10.4. The number of carbonyl (C=O) groups is 1. The van der Waals surface area contributed by atoms with E-state index >= 15 is 0 Å². The summed E-state index contributed by atoms with van der Waals surface area (Å²) < 4.78 is 19.7. The third kappa shape index (κ3) is 3.87. The monoisotopic (exact) mass is 327 g/mol. The Morgan fingerprint density at radius 1 is 1.36 bits per heavy atom. The summed E-state index contributed by atoms with van der Waals surface area (Å²) in [6.07, 6.45) is 0. The molecule has 1 heterocycles. The maximum absolute atomic E-state index is 12.5. The zero-order valence-electron chi connectivity index (χ0n) is 12.1. The molecule has 1 saturated heterocycles. The molecule has 1 amide bonds. The van der Waals surface area contributed by atoms with Crippen LogP contribution in [0.5, 0.6) is 0 Å². The third-order valence-electron chi connectivity index (χ3n) is 3.57. The van der Waals surface area contributed by atoms with Crippen LogP contribution in [-0.4, -0.2) is 62.6 Å². The molecule has 1 unspecified atom stereocenters. The van der Waals surface area contributed by atoms with Gasteiger partial charge in [-0.25, -0.2) is 4.21 Å². The summed E-state index contributed by atoms with van der Waals surface area (Å²) in [6, 6.07) is 4.03. The first-order valence-electron chi connectivity index (χ1n) is 6.71. The standard InChI is InChI=1S/C13H17N3O5S/c1-14-4-6-15(7-5-14)13(17)11-3-2-10(9-22(20)21)8-12(11)16(18)19/h2-3,8H,4-7,9H2,1H3,(H,20,21). The second kappa shape index (κ2) is 6.95. The molecule has 1 N–H and O–H groups in total. The lowest BCUT2D eigenvalue weighted by atomic mass is 10.1. The maximum Gasteiger partial charge on any atom is 0.282 e. The van der Waals surface area contributed by atoms with Crippen molar-refractivity contribution in [1.29, 1.82) is 0 Å². The van der Waals surface area contributed by atoms with Crippen LogP contribution in [-0.2, 0) is 16.8 Å². The highest BCUT2D eigenvalue weighted by Gasteiger charge is 2.27. The molecule has 0 saturated carbocycles. The molecule has 1 aliphatic rings. The zero-order chi connectivity index (χ0) is 16.3. The Morgan fingerprint density at radius 3 is 2.55 bits per heavy atom. The Hall–Kier alpha value is -1.84. The largest absolute Gasteiger partial charge is 0.336 e. The molecule has 2 rings (SSSR count). The van der Waals surface area contributed by atoms with Gasteiger partial charge in [-0.1, -0.05) is 6.07 Å². The smallest absolute Gasteiger partial charge is 0.282 e. The van der Waals surface area contributed by atoms with Crippen molar-refractivity contribution in [2.45, 2.75) is 5.75 Å². The molecule has 9 heteroatoms. The molecule has 0 spiro atoms. The first-order valence-corrected chi connectivity index (χ1v) is 7.98. The number of carbonyl (C=O) groups excluding carboxylic acids is 1. The van der Waals surface area contributed by atoms with Crippen molar-refractivity contribution in [2.75, 3.05) is 33.2 Å². The minimum Gasteiger partial charge on any atom is -0.336 e. The van der Waals surface area contributed by atoms with Crippen LogP contribution in [0.25, 0.3) is 0 Å². The lowest BCUT2D eigenvalue weighted by Crippen LogP contribution is -2.47. The molecular weight excluding hydrogens is 310 g/mol. The van der Waals surface area contributed by atoms with Crippen molar-refractivity contribution in [2.24, 2.45) is 0 Å². The van der Waals surface area contributed by atoms with Gasteiger partial charge in [0.05, 0.1) is 10.7 Å². The number of nitro benzene ring substituents is 1. The molecular formula is C13H17N3O5S. The van der Waals surface area contributed by atoms with Crippen molar-refractivity contribution in [3.8, 4) is 0 Å². The molecule has 0 aliphatic carbocycles. The number of hydrogen-bond donors (Lipinski definition) is 1. The number of piperazine rings is 1. The number of hydrogen-bond acceptors (Lipinski definition) is 5. The molecule has 8 nitrogen and oxygen atoms in total. The summed E-state index contributed by atoms with van der Waals surface area (Å²) in [5.74, 6) is -0.583. The highest BCUT2D eigenvalue weighted by atomic mass is 32.2. The number of nitro groups is 1. The number of benzene rings is 1. The van der Waals surface area contributed by atoms with E-state index in [1.54, 1.807) is 4.90 Å². The maximum atomic E-state index is 12.5. The summed E-state index contributed by atoms with van der Waals surface area (Å²) in [5.41, 5.74) is 0.0383. The summed E-state index contributed by atoms with van der Waals surface area (Å²) in [7, 11) is 1.95. The SMILES string of the molecule is CN1CCN(C(=O)c2ccc(CS(=O)O)cc2[N+](=O)[O-])CC1. The highest BCUT2D eigenvalue weighted by Crippen LogP contribution is 2.23. The second-order valence-electron chi connectivity index (χ2n) is 5.17. The molecule has 1 fully saturated rings. The number of likely N-dealkylation sites (N-methyl/N-ethyl adjacent to an activating group) is 1. The fourth-order valence-corrected chi connectivity index (χ4v) is 2.79. The fraction of sp³-hybridized carbons (Fsp3) is 0.462. The van der Waals surface area contributed by atoms with Gasteiger partial charge in [0, 0.05) is 32.2 Å². The Bertz CT molecular complexity index is 614. The topological polar surface area (TPSA) is 104 Å². The van der Waals surface area contributed by atoms with Crippen LogP contribution in [0.4, 0.5) is 5.69 Å². The minimum atomic E-state index is -2.09. The van der Waals surface area contributed by atoms with Crippen LogP contribution in [0.2, 0.25) is 0 Å². The van der Waals surface area contributed by atoms with Crippen LogP contribution in [0.3, 0.4) is 0 Å². The van der Waals surface area contributed by atoms with Gasteiger partial charge in [0.15, 0.2) is 11.1 Å². The van der Waals surface area contributed by atoms with Crippen molar-refractivity contribution >= 4 is 22.7 Å². The predicted molar refractivity (Wildman–Crippen MR) is 81.0 cm³/mol. The molecule has 1 aromatic carbocycles. The van der Waals surface area contributed by atoms with E-state index in [1.807, 2.05) is 7.05 Å². The van der Waals surface area contributed by atoms with E-state index in [2.05, 4.69) is 4.90 Å². The Morgan fingerprint density at radius 2 is 2.00 bits per heavy atom. The number of amides is 1. The summed E-state index contributed by atoms with van der Waals surface area (Å²) >= 11 is -2.09. The van der Waals surface area contributed by atoms with E-state index in [0.29, 0.717) is 18.7 Å². The van der Waals surface area contributed by atoms with Crippen LogP contribution >= 0.6 is 0 Å². The van der Waals surface area contributed by atoms with Crippen LogP contribution in [0.1, 0.15) is 15.9 Å². The van der Waals surface area contributed by atoms with Gasteiger partial charge in [-0.3, -0.25) is 14.9 Å². The van der Waals surface area contributed by atoms with E-state index in [-0.39, 0.29) is 22.9 Å². The molecule has 0 bridgehead atoms. The van der Waals surface area contributed by atoms with Crippen molar-refractivity contribution in [3.63, 3.8) is 0 Å². The van der Waals surface area contributed by atoms with Gasteiger partial charge in [-0.15, -0.1) is 0 Å². The summed E-state index contributed by atoms with van der Waals surface area (Å²) in [5, 5.41) is 11.2. The van der Waals surface area contributed by atoms with Gasteiger partial charge in [-0.05, 0) is 18.7 Å². The first kappa shape index (κ1) is 16.5. The van der Waals surface area contributed by atoms with Crippen molar-refractivity contribution in [3.05, 3.63) is 39.4 Å². The van der Waals surface area contributed by atoms with Gasteiger partial charge in [0.1, 0.15) is 5.56 Å². The second-order valence-corrected chi connectivity index (χ2v) is 6.10. The molecule has 1 aliphatic heterocycles. The number of rotatable bonds is 4. The molecule has 22 heavy (non-hydrogen) atoms. The summed E-state index contributed by atoms with van der Waals surface area (Å²) in [4.78, 5) is 26.7. The van der Waals surface area contributed by atoms with Gasteiger partial charge >= 0.3 is 0 Å². The zero-order valence-corrected chi connectivity index (χ0v) is 12.9. The van der Waals surface area contributed by atoms with Crippen LogP contribution < -0.4 is 0 Å². The lowest BCUT2D eigenvalue weighted by Gasteiger charge is -2.32. The lowest BCUT2D eigenvalue weighted by molar-refractivity contribution is -0.385. The minimum absolute atomic E-state index is 0.0158. The summed E-state index contributed by atoms with van der Waals surface area (Å²) in [6.45, 7) is 2.49. The van der Waals surface area contributed by atoms with E-state index in [1.165, 1.54) is 18.2 Å².